The molecule has 1 amide bonds. The van der Waals surface area contributed by atoms with Gasteiger partial charge < -0.3 is 9.64 Å². The molecule has 0 saturated heterocycles. The van der Waals surface area contributed by atoms with E-state index >= 15 is 0 Å². The van der Waals surface area contributed by atoms with E-state index in [-0.39, 0.29) is 24.6 Å². The second-order valence-electron chi connectivity index (χ2n) is 6.96. The van der Waals surface area contributed by atoms with E-state index in [1.165, 1.54) is 17.3 Å². The number of hydrogen-bond donors (Lipinski definition) is 0. The number of halogens is 4. The number of alkyl halides is 2. The van der Waals surface area contributed by atoms with E-state index in [2.05, 4.69) is 20.2 Å². The molecule has 12 heteroatoms. The van der Waals surface area contributed by atoms with Crippen molar-refractivity contribution in [1.82, 2.24) is 29.9 Å². The van der Waals surface area contributed by atoms with Crippen LogP contribution >= 0.6 is 0 Å². The van der Waals surface area contributed by atoms with Crippen LogP contribution in [0, 0.1) is 11.6 Å². The van der Waals surface area contributed by atoms with Crippen molar-refractivity contribution in [1.29, 1.82) is 0 Å². The van der Waals surface area contributed by atoms with Crippen LogP contribution in [0.15, 0.2) is 36.9 Å². The van der Waals surface area contributed by atoms with E-state index in [0.717, 1.165) is 29.3 Å². The third-order valence-corrected chi connectivity index (χ3v) is 4.60. The Kier molecular flexibility index (Phi) is 6.70. The topological polar surface area (TPSA) is 86.0 Å². The molecule has 0 bridgehead atoms. The zero-order valence-electron chi connectivity index (χ0n) is 17.5. The Morgan fingerprint density at radius 1 is 1.19 bits per heavy atom. The Morgan fingerprint density at radius 3 is 2.44 bits per heavy atom. The number of likely N-dealkylation sites (N-methyl/N-ethyl adjacent to an activating group) is 1. The van der Waals surface area contributed by atoms with Gasteiger partial charge in [-0.25, -0.2) is 18.7 Å². The Labute approximate surface area is 180 Å². The van der Waals surface area contributed by atoms with Crippen LogP contribution in [-0.2, 0) is 5.92 Å². The molecule has 32 heavy (non-hydrogen) atoms. The lowest BCUT2D eigenvalue weighted by atomic mass is 10.1. The predicted octanol–water partition coefficient (Wildman–Crippen LogP) is 3.38. The lowest BCUT2D eigenvalue weighted by Crippen LogP contribution is -2.42. The van der Waals surface area contributed by atoms with Crippen LogP contribution in [0.3, 0.4) is 0 Å². The van der Waals surface area contributed by atoms with Gasteiger partial charge in [0.2, 0.25) is 5.88 Å². The molecule has 3 rings (SSSR count). The minimum atomic E-state index is -3.13. The molecule has 2 aromatic heterocycles. The van der Waals surface area contributed by atoms with Gasteiger partial charge in [-0.3, -0.25) is 4.79 Å². The van der Waals surface area contributed by atoms with Crippen molar-refractivity contribution in [2.24, 2.45) is 0 Å². The van der Waals surface area contributed by atoms with E-state index in [1.807, 2.05) is 0 Å². The van der Waals surface area contributed by atoms with Gasteiger partial charge in [0.25, 0.3) is 11.8 Å². The molecule has 0 spiro atoms. The zero-order chi connectivity index (χ0) is 23.5. The highest BCUT2D eigenvalue weighted by Gasteiger charge is 2.28. The molecular weight excluding hydrogens is 432 g/mol. The fraction of sp³-hybridized carbons (Fsp3) is 0.350. The molecule has 0 aliphatic rings. The van der Waals surface area contributed by atoms with Gasteiger partial charge in [0, 0.05) is 13.5 Å². The van der Waals surface area contributed by atoms with Crippen molar-refractivity contribution in [2.75, 3.05) is 13.2 Å². The van der Waals surface area contributed by atoms with Crippen LogP contribution in [0.25, 0.3) is 5.69 Å². The van der Waals surface area contributed by atoms with Crippen molar-refractivity contribution in [2.45, 2.75) is 32.7 Å². The van der Waals surface area contributed by atoms with Gasteiger partial charge >= 0.3 is 0 Å². The number of ether oxygens (including phenoxy) is 1. The highest BCUT2D eigenvalue weighted by molar-refractivity contribution is 5.98. The summed E-state index contributed by atoms with van der Waals surface area (Å²) in [7, 11) is 0. The minimum absolute atomic E-state index is 0.00242. The maximum atomic E-state index is 14.5. The van der Waals surface area contributed by atoms with Gasteiger partial charge in [0.1, 0.15) is 18.0 Å². The smallest absolute Gasteiger partial charge is 0.288 e. The standard InChI is InChI=1S/C20H20F4N6O2/c1-4-29(12(2)11-32-16-10-25-15(9-26-16)20(3,23)24)19(31)13-5-6-14(21)17(22)18(13)30-27-7-8-28-30/h5-10,12H,4,11H2,1-3H3/t12-/m0/s1. The second-order valence-corrected chi connectivity index (χ2v) is 6.96. The lowest BCUT2D eigenvalue weighted by Gasteiger charge is -2.28. The summed E-state index contributed by atoms with van der Waals surface area (Å²) in [5.41, 5.74) is -1.04. The van der Waals surface area contributed by atoms with E-state index in [1.54, 1.807) is 13.8 Å². The molecule has 1 aromatic carbocycles. The number of amides is 1. The normalized spacial score (nSPS) is 12.5. The van der Waals surface area contributed by atoms with Gasteiger partial charge in [0.15, 0.2) is 11.6 Å². The van der Waals surface area contributed by atoms with Crippen LogP contribution in [0.2, 0.25) is 0 Å². The zero-order valence-corrected chi connectivity index (χ0v) is 17.5. The number of aromatic nitrogens is 5. The molecule has 0 N–H and O–H groups in total. The summed E-state index contributed by atoms with van der Waals surface area (Å²) in [6.45, 7) is 4.26. The number of carbonyl (C=O) groups is 1. The molecule has 0 saturated carbocycles. The molecule has 0 aliphatic heterocycles. The van der Waals surface area contributed by atoms with Gasteiger partial charge in [-0.05, 0) is 26.0 Å². The Balaban J connectivity index is 1.78. The van der Waals surface area contributed by atoms with E-state index < -0.39 is 40.9 Å². The minimum Gasteiger partial charge on any atom is -0.474 e. The summed E-state index contributed by atoms with van der Waals surface area (Å²) in [6.07, 6.45) is 4.52. The molecule has 8 nitrogen and oxygen atoms in total. The number of rotatable bonds is 8. The first-order valence-corrected chi connectivity index (χ1v) is 9.62. The van der Waals surface area contributed by atoms with Crippen LogP contribution in [0.5, 0.6) is 5.88 Å². The first-order valence-electron chi connectivity index (χ1n) is 9.62. The highest BCUT2D eigenvalue weighted by Crippen LogP contribution is 2.25. The van der Waals surface area contributed by atoms with Gasteiger partial charge in [0.05, 0.1) is 36.4 Å². The monoisotopic (exact) mass is 452 g/mol. The summed E-state index contributed by atoms with van der Waals surface area (Å²) in [5, 5.41) is 7.59. The van der Waals surface area contributed by atoms with E-state index in [4.69, 9.17) is 4.74 Å². The number of hydrogen-bond acceptors (Lipinski definition) is 6. The van der Waals surface area contributed by atoms with Crippen molar-refractivity contribution in [3.8, 4) is 11.6 Å². The number of benzene rings is 1. The van der Waals surface area contributed by atoms with Crippen molar-refractivity contribution < 1.29 is 27.1 Å². The maximum absolute atomic E-state index is 14.5. The van der Waals surface area contributed by atoms with Gasteiger partial charge in [-0.15, -0.1) is 4.80 Å². The summed E-state index contributed by atoms with van der Waals surface area (Å²) < 4.78 is 60.3. The SMILES string of the molecule is CCN(C(=O)c1ccc(F)c(F)c1-n1nccn1)[C@@H](C)COc1cnc(C(C)(F)F)cn1. The molecule has 2 heterocycles. The highest BCUT2D eigenvalue weighted by atomic mass is 19.3. The molecular formula is C20H20F4N6O2. The predicted molar refractivity (Wildman–Crippen MR) is 105 cm³/mol. The quantitative estimate of drug-likeness (QED) is 0.487. The molecule has 0 aliphatic carbocycles. The lowest BCUT2D eigenvalue weighted by molar-refractivity contribution is 0.0121. The fourth-order valence-corrected chi connectivity index (χ4v) is 2.96. The van der Waals surface area contributed by atoms with Crippen LogP contribution < -0.4 is 4.74 Å². The molecule has 3 aromatic rings. The first kappa shape index (κ1) is 23.1. The third kappa shape index (κ3) is 4.84. The second kappa shape index (κ2) is 9.28. The fourth-order valence-electron chi connectivity index (χ4n) is 2.96. The Hall–Kier alpha value is -3.57. The largest absolute Gasteiger partial charge is 0.474 e. The average Bonchev–Trinajstić information content (AvgIpc) is 3.28. The molecule has 0 fully saturated rings. The van der Waals surface area contributed by atoms with Crippen molar-refractivity contribution >= 4 is 5.91 Å². The Bertz CT molecular complexity index is 1070. The molecule has 0 radical (unpaired) electrons. The van der Waals surface area contributed by atoms with Crippen LogP contribution in [0.4, 0.5) is 17.6 Å². The number of nitrogens with zero attached hydrogens (tertiary/aromatic N) is 6. The van der Waals surface area contributed by atoms with Crippen LogP contribution in [0.1, 0.15) is 36.8 Å². The summed E-state index contributed by atoms with van der Waals surface area (Å²) in [5.74, 6) is -6.12. The van der Waals surface area contributed by atoms with Gasteiger partial charge in [-0.2, -0.15) is 19.0 Å². The number of carbonyl (C=O) groups excluding carboxylic acids is 1. The molecule has 170 valence electrons. The molecule has 1 atom stereocenters. The van der Waals surface area contributed by atoms with Crippen molar-refractivity contribution in [3.05, 3.63) is 59.8 Å². The summed E-state index contributed by atoms with van der Waals surface area (Å²) in [6, 6.07) is 1.48. The van der Waals surface area contributed by atoms with E-state index in [0.29, 0.717) is 6.92 Å². The molecule has 0 unspecified atom stereocenters. The Morgan fingerprint density at radius 2 is 1.88 bits per heavy atom. The first-order chi connectivity index (χ1) is 15.1. The third-order valence-electron chi connectivity index (χ3n) is 4.60. The van der Waals surface area contributed by atoms with E-state index in [9.17, 15) is 22.4 Å². The van der Waals surface area contributed by atoms with Crippen LogP contribution in [-0.4, -0.2) is 55.0 Å². The van der Waals surface area contributed by atoms with Gasteiger partial charge in [-0.1, -0.05) is 0 Å². The summed E-state index contributed by atoms with van der Waals surface area (Å²) >= 11 is 0. The summed E-state index contributed by atoms with van der Waals surface area (Å²) in [4.78, 5) is 22.8. The average molecular weight is 452 g/mol. The maximum Gasteiger partial charge on any atom is 0.288 e. The van der Waals surface area contributed by atoms with Crippen molar-refractivity contribution in [3.63, 3.8) is 0 Å².